The summed E-state index contributed by atoms with van der Waals surface area (Å²) in [5.41, 5.74) is 9.52. The van der Waals surface area contributed by atoms with Crippen LogP contribution in [0, 0.1) is 0 Å². The molecule has 3 N–H and O–H groups in total. The normalized spacial score (nSPS) is 10.7. The average Bonchev–Trinajstić information content (AvgIpc) is 3.12. The van der Waals surface area contributed by atoms with E-state index in [-0.39, 0.29) is 12.4 Å². The molecule has 4 aromatic rings. The van der Waals surface area contributed by atoms with E-state index in [1.54, 1.807) is 24.3 Å². The van der Waals surface area contributed by atoms with E-state index in [2.05, 4.69) is 4.98 Å². The van der Waals surface area contributed by atoms with E-state index < -0.39 is 5.97 Å². The van der Waals surface area contributed by atoms with Crippen LogP contribution in [0.1, 0.15) is 20.7 Å². The smallest absolute Gasteiger partial charge is 0.338 e. The van der Waals surface area contributed by atoms with Crippen molar-refractivity contribution in [2.24, 2.45) is 0 Å². The number of nitrogens with one attached hydrogen (secondary N) is 1. The summed E-state index contributed by atoms with van der Waals surface area (Å²) in [5, 5.41) is 0.801. The Balaban J connectivity index is 1.63. The zero-order chi connectivity index (χ0) is 19.5. The number of fused-ring (bicyclic) bond motifs is 1. The Morgan fingerprint density at radius 1 is 0.857 bits per heavy atom. The number of carbonyl (C=O) groups is 2. The molecule has 0 fully saturated rings. The van der Waals surface area contributed by atoms with Gasteiger partial charge in [-0.1, -0.05) is 48.5 Å². The molecule has 0 aliphatic rings. The molecule has 0 bridgehead atoms. The van der Waals surface area contributed by atoms with Gasteiger partial charge in [-0.25, -0.2) is 4.79 Å². The summed E-state index contributed by atoms with van der Waals surface area (Å²) in [5.74, 6) is -0.824. The second-order valence-electron chi connectivity index (χ2n) is 6.41. The van der Waals surface area contributed by atoms with Gasteiger partial charge in [-0.05, 0) is 35.9 Å². The first kappa shape index (κ1) is 17.5. The third-order valence-corrected chi connectivity index (χ3v) is 4.53. The van der Waals surface area contributed by atoms with Crippen molar-refractivity contribution in [1.82, 2.24) is 4.98 Å². The van der Waals surface area contributed by atoms with E-state index in [9.17, 15) is 9.59 Å². The topological polar surface area (TPSA) is 85.2 Å². The fraction of sp³-hybridized carbons (Fsp3) is 0.0435. The summed E-state index contributed by atoms with van der Waals surface area (Å²) >= 11 is 0. The molecule has 1 aromatic heterocycles. The van der Waals surface area contributed by atoms with Crippen molar-refractivity contribution >= 4 is 28.3 Å². The molecule has 0 amide bonds. The number of H-pyrrole nitrogens is 1. The van der Waals surface area contributed by atoms with Crippen molar-refractivity contribution in [3.63, 3.8) is 0 Å². The van der Waals surface area contributed by atoms with Crippen LogP contribution in [0.25, 0.3) is 22.2 Å². The highest BCUT2D eigenvalue weighted by molar-refractivity contribution is 6.14. The Hall–Kier alpha value is -3.86. The summed E-state index contributed by atoms with van der Waals surface area (Å²) in [6.07, 6.45) is 0. The van der Waals surface area contributed by atoms with Gasteiger partial charge in [0.2, 0.25) is 5.78 Å². The highest BCUT2D eigenvalue weighted by Gasteiger charge is 2.21. The van der Waals surface area contributed by atoms with Crippen LogP contribution in [0.15, 0.2) is 78.9 Å². The molecular formula is C23H18N2O3. The summed E-state index contributed by atoms with van der Waals surface area (Å²) in [6, 6.07) is 23.6. The maximum atomic E-state index is 13.0. The Bertz CT molecular complexity index is 1150. The van der Waals surface area contributed by atoms with Crippen LogP contribution in [-0.4, -0.2) is 23.3 Å². The van der Waals surface area contributed by atoms with Crippen LogP contribution < -0.4 is 5.73 Å². The van der Waals surface area contributed by atoms with Gasteiger partial charge >= 0.3 is 5.97 Å². The summed E-state index contributed by atoms with van der Waals surface area (Å²) in [7, 11) is 0. The second kappa shape index (κ2) is 7.40. The maximum Gasteiger partial charge on any atom is 0.338 e. The van der Waals surface area contributed by atoms with Crippen molar-refractivity contribution in [2.75, 3.05) is 12.3 Å². The van der Waals surface area contributed by atoms with Crippen molar-refractivity contribution in [2.45, 2.75) is 0 Å². The van der Waals surface area contributed by atoms with Crippen LogP contribution in [0.2, 0.25) is 0 Å². The Morgan fingerprint density at radius 3 is 2.29 bits per heavy atom. The number of nitrogen functional groups attached to an aromatic ring is 1. The number of hydrogen-bond acceptors (Lipinski definition) is 4. The minimum Gasteiger partial charge on any atom is -0.454 e. The first-order valence-electron chi connectivity index (χ1n) is 8.85. The van der Waals surface area contributed by atoms with Crippen molar-refractivity contribution < 1.29 is 14.3 Å². The molecule has 5 nitrogen and oxygen atoms in total. The van der Waals surface area contributed by atoms with Gasteiger partial charge in [0.25, 0.3) is 0 Å². The number of Topliss-reactive ketones (excluding diaryl/α,β-unsaturated/α-hetero) is 1. The van der Waals surface area contributed by atoms with Crippen LogP contribution in [-0.2, 0) is 4.74 Å². The number of benzene rings is 3. The van der Waals surface area contributed by atoms with Crippen LogP contribution in [0.5, 0.6) is 0 Å². The number of ketones is 1. The number of esters is 1. The minimum atomic E-state index is -0.561. The van der Waals surface area contributed by atoms with Gasteiger partial charge in [-0.3, -0.25) is 4.79 Å². The van der Waals surface area contributed by atoms with Gasteiger partial charge in [0.15, 0.2) is 6.61 Å². The van der Waals surface area contributed by atoms with Gasteiger partial charge in [-0.15, -0.1) is 0 Å². The third kappa shape index (κ3) is 3.38. The van der Waals surface area contributed by atoms with Gasteiger partial charge in [-0.2, -0.15) is 0 Å². The molecule has 0 unspecified atom stereocenters. The lowest BCUT2D eigenvalue weighted by atomic mass is 10.0. The van der Waals surface area contributed by atoms with E-state index in [0.29, 0.717) is 16.8 Å². The van der Waals surface area contributed by atoms with E-state index >= 15 is 0 Å². The first-order valence-corrected chi connectivity index (χ1v) is 8.85. The molecular weight excluding hydrogens is 352 g/mol. The molecule has 0 saturated heterocycles. The molecule has 0 atom stereocenters. The van der Waals surface area contributed by atoms with Crippen LogP contribution in [0.4, 0.5) is 5.69 Å². The van der Waals surface area contributed by atoms with E-state index in [4.69, 9.17) is 10.5 Å². The Morgan fingerprint density at radius 2 is 1.54 bits per heavy atom. The van der Waals surface area contributed by atoms with Crippen molar-refractivity contribution in [1.29, 1.82) is 0 Å². The molecule has 0 saturated carbocycles. The van der Waals surface area contributed by atoms with Crippen molar-refractivity contribution in [3.05, 3.63) is 90.0 Å². The Kier molecular flexibility index (Phi) is 4.64. The molecule has 5 heteroatoms. The number of ether oxygens (including phenoxy) is 1. The molecule has 0 aliphatic carbocycles. The summed E-state index contributed by atoms with van der Waals surface area (Å²) in [4.78, 5) is 28.5. The minimum absolute atomic E-state index is 0.264. The lowest BCUT2D eigenvalue weighted by Crippen LogP contribution is -2.14. The van der Waals surface area contributed by atoms with Gasteiger partial charge < -0.3 is 15.5 Å². The number of nitrogens with two attached hydrogens (primary N) is 1. The maximum absolute atomic E-state index is 13.0. The standard InChI is InChI=1S/C23H18N2O3/c24-17-12-10-16(11-13-17)23(27)28-14-20(26)21-18-8-4-5-9-19(18)25-22(21)15-6-2-1-3-7-15/h1-13,25H,14,24H2. The molecule has 28 heavy (non-hydrogen) atoms. The highest BCUT2D eigenvalue weighted by Crippen LogP contribution is 2.30. The molecule has 0 aliphatic heterocycles. The molecule has 138 valence electrons. The Labute approximate surface area is 161 Å². The van der Waals surface area contributed by atoms with Gasteiger partial charge in [0.05, 0.1) is 16.8 Å². The number of rotatable bonds is 5. The largest absolute Gasteiger partial charge is 0.454 e. The van der Waals surface area contributed by atoms with E-state index in [1.807, 2.05) is 54.6 Å². The number of anilines is 1. The second-order valence-corrected chi connectivity index (χ2v) is 6.41. The number of carbonyl (C=O) groups excluding carboxylic acids is 2. The van der Waals surface area contributed by atoms with E-state index in [0.717, 1.165) is 22.2 Å². The van der Waals surface area contributed by atoms with Crippen LogP contribution >= 0.6 is 0 Å². The first-order chi connectivity index (χ1) is 13.6. The molecule has 0 radical (unpaired) electrons. The van der Waals surface area contributed by atoms with Gasteiger partial charge in [0.1, 0.15) is 0 Å². The number of para-hydroxylation sites is 1. The third-order valence-electron chi connectivity index (χ3n) is 4.53. The fourth-order valence-electron chi connectivity index (χ4n) is 3.16. The quantitative estimate of drug-likeness (QED) is 0.309. The monoisotopic (exact) mass is 370 g/mol. The summed E-state index contributed by atoms with van der Waals surface area (Å²) in [6.45, 7) is -0.342. The number of hydrogen-bond donors (Lipinski definition) is 2. The zero-order valence-corrected chi connectivity index (χ0v) is 15.0. The van der Waals surface area contributed by atoms with E-state index in [1.165, 1.54) is 0 Å². The van der Waals surface area contributed by atoms with Crippen molar-refractivity contribution in [3.8, 4) is 11.3 Å². The lowest BCUT2D eigenvalue weighted by Gasteiger charge is -2.07. The SMILES string of the molecule is Nc1ccc(C(=O)OCC(=O)c2c(-c3ccccc3)[nH]c3ccccc23)cc1. The average molecular weight is 370 g/mol. The summed E-state index contributed by atoms with van der Waals surface area (Å²) < 4.78 is 5.25. The molecule has 4 rings (SSSR count). The van der Waals surface area contributed by atoms with Crippen LogP contribution in [0.3, 0.4) is 0 Å². The zero-order valence-electron chi connectivity index (χ0n) is 15.0. The number of aromatic amines is 1. The number of aromatic nitrogens is 1. The lowest BCUT2D eigenvalue weighted by molar-refractivity contribution is 0.0475. The predicted octanol–water partition coefficient (Wildman–Crippen LogP) is 4.46. The molecule has 0 spiro atoms. The highest BCUT2D eigenvalue weighted by atomic mass is 16.5. The van der Waals surface area contributed by atoms with Gasteiger partial charge in [0, 0.05) is 16.6 Å². The molecule has 3 aromatic carbocycles. The fourth-order valence-corrected chi connectivity index (χ4v) is 3.16. The predicted molar refractivity (Wildman–Crippen MR) is 109 cm³/mol. The molecule has 1 heterocycles.